The first-order valence-corrected chi connectivity index (χ1v) is 5.31. The van der Waals surface area contributed by atoms with Crippen LogP contribution in [0, 0.1) is 0 Å². The van der Waals surface area contributed by atoms with E-state index in [2.05, 4.69) is 6.92 Å². The highest BCUT2D eigenvalue weighted by atomic mass is 16.4. The number of benzene rings is 1. The van der Waals surface area contributed by atoms with Crippen molar-refractivity contribution in [2.75, 3.05) is 0 Å². The van der Waals surface area contributed by atoms with E-state index < -0.39 is 17.5 Å². The Morgan fingerprint density at radius 3 is 2.24 bits per heavy atom. The van der Waals surface area contributed by atoms with Crippen molar-refractivity contribution >= 4 is 11.8 Å². The average molecular weight is 234 g/mol. The van der Waals surface area contributed by atoms with Gasteiger partial charge in [0.2, 0.25) is 5.76 Å². The van der Waals surface area contributed by atoms with E-state index in [1.165, 1.54) is 0 Å². The van der Waals surface area contributed by atoms with Crippen LogP contribution in [0.3, 0.4) is 0 Å². The summed E-state index contributed by atoms with van der Waals surface area (Å²) in [4.78, 5) is 21.9. The number of rotatable bonds is 5. The van der Waals surface area contributed by atoms with Crippen molar-refractivity contribution in [3.05, 3.63) is 47.2 Å². The van der Waals surface area contributed by atoms with Gasteiger partial charge in [-0.05, 0) is 12.0 Å². The molecular formula is C13H14O4. The number of carboxylic acids is 1. The van der Waals surface area contributed by atoms with E-state index in [9.17, 15) is 9.59 Å². The summed E-state index contributed by atoms with van der Waals surface area (Å²) >= 11 is 0. The van der Waals surface area contributed by atoms with E-state index in [1.807, 2.05) is 12.1 Å². The zero-order chi connectivity index (χ0) is 12.8. The molecule has 0 saturated carbocycles. The van der Waals surface area contributed by atoms with Crippen molar-refractivity contribution in [3.8, 4) is 0 Å². The van der Waals surface area contributed by atoms with Crippen LogP contribution in [0.25, 0.3) is 0 Å². The van der Waals surface area contributed by atoms with E-state index in [4.69, 9.17) is 10.2 Å². The fourth-order valence-electron chi connectivity index (χ4n) is 1.39. The molecule has 0 atom stereocenters. The summed E-state index contributed by atoms with van der Waals surface area (Å²) < 4.78 is 0. The van der Waals surface area contributed by atoms with Crippen molar-refractivity contribution in [2.24, 2.45) is 0 Å². The molecule has 0 unspecified atom stereocenters. The summed E-state index contributed by atoms with van der Waals surface area (Å²) in [6, 6.07) is 6.89. The molecule has 0 radical (unpaired) electrons. The standard InChI is InChI=1S/C13H14O4/c1-2-3-9-4-6-10(7-5-9)11(14)8-12(15)13(16)17/h4-8,15H,2-3H2,1H3,(H,16,17)/b12-8-. The molecule has 0 aliphatic carbocycles. The van der Waals surface area contributed by atoms with E-state index in [0.29, 0.717) is 11.6 Å². The van der Waals surface area contributed by atoms with Gasteiger partial charge in [-0.1, -0.05) is 37.6 Å². The molecule has 90 valence electrons. The van der Waals surface area contributed by atoms with Crippen LogP contribution < -0.4 is 0 Å². The topological polar surface area (TPSA) is 74.6 Å². The Labute approximate surface area is 99.2 Å². The maximum atomic E-state index is 11.5. The number of ketones is 1. The van der Waals surface area contributed by atoms with Crippen molar-refractivity contribution in [1.29, 1.82) is 0 Å². The smallest absolute Gasteiger partial charge is 0.371 e. The fraction of sp³-hybridized carbons (Fsp3) is 0.231. The molecule has 2 N–H and O–H groups in total. The van der Waals surface area contributed by atoms with E-state index in [0.717, 1.165) is 18.4 Å². The molecule has 1 rings (SSSR count). The lowest BCUT2D eigenvalue weighted by Gasteiger charge is -2.00. The zero-order valence-corrected chi connectivity index (χ0v) is 9.51. The predicted octanol–water partition coefficient (Wildman–Crippen LogP) is 2.35. The highest BCUT2D eigenvalue weighted by Gasteiger charge is 2.09. The number of carbonyl (C=O) groups excluding carboxylic acids is 1. The molecule has 1 aromatic rings. The lowest BCUT2D eigenvalue weighted by molar-refractivity contribution is -0.135. The Hall–Kier alpha value is -2.10. The van der Waals surface area contributed by atoms with Crippen LogP contribution in [0.5, 0.6) is 0 Å². The van der Waals surface area contributed by atoms with Crippen molar-refractivity contribution in [1.82, 2.24) is 0 Å². The van der Waals surface area contributed by atoms with Gasteiger partial charge in [0.1, 0.15) is 0 Å². The zero-order valence-electron chi connectivity index (χ0n) is 9.51. The van der Waals surface area contributed by atoms with Gasteiger partial charge in [-0.3, -0.25) is 4.79 Å². The molecule has 4 heteroatoms. The summed E-state index contributed by atoms with van der Waals surface area (Å²) in [6.07, 6.45) is 2.66. The van der Waals surface area contributed by atoms with Gasteiger partial charge in [-0.25, -0.2) is 4.79 Å². The Kier molecular flexibility index (Phi) is 4.46. The summed E-state index contributed by atoms with van der Waals surface area (Å²) in [7, 11) is 0. The van der Waals surface area contributed by atoms with Gasteiger partial charge in [0.25, 0.3) is 0 Å². The summed E-state index contributed by atoms with van der Waals surface area (Å²) in [6.45, 7) is 2.06. The van der Waals surface area contributed by atoms with Gasteiger partial charge in [0.15, 0.2) is 5.78 Å². The normalized spacial score (nSPS) is 11.2. The number of hydrogen-bond donors (Lipinski definition) is 2. The third-order valence-electron chi connectivity index (χ3n) is 2.26. The van der Waals surface area contributed by atoms with Gasteiger partial charge in [0.05, 0.1) is 0 Å². The number of hydrogen-bond acceptors (Lipinski definition) is 3. The maximum absolute atomic E-state index is 11.5. The molecular weight excluding hydrogens is 220 g/mol. The van der Waals surface area contributed by atoms with E-state index >= 15 is 0 Å². The molecule has 0 amide bonds. The number of aliphatic carboxylic acids is 1. The first-order chi connectivity index (χ1) is 8.04. The predicted molar refractivity (Wildman–Crippen MR) is 63.1 cm³/mol. The van der Waals surface area contributed by atoms with Gasteiger partial charge < -0.3 is 10.2 Å². The third kappa shape index (κ3) is 3.75. The van der Waals surface area contributed by atoms with Gasteiger partial charge >= 0.3 is 5.97 Å². The summed E-state index contributed by atoms with van der Waals surface area (Å²) in [5, 5.41) is 17.4. The molecule has 4 nitrogen and oxygen atoms in total. The second-order valence-corrected chi connectivity index (χ2v) is 3.65. The molecule has 0 aromatic heterocycles. The fourth-order valence-corrected chi connectivity index (χ4v) is 1.39. The molecule has 0 spiro atoms. The Morgan fingerprint density at radius 1 is 1.18 bits per heavy atom. The summed E-state index contributed by atoms with van der Waals surface area (Å²) in [5.74, 6) is -2.98. The lowest BCUT2D eigenvalue weighted by Crippen LogP contribution is -2.04. The number of aryl methyl sites for hydroxylation is 1. The lowest BCUT2D eigenvalue weighted by atomic mass is 10.1. The summed E-state index contributed by atoms with van der Waals surface area (Å²) in [5.41, 5.74) is 1.48. The molecule has 0 aliphatic heterocycles. The molecule has 0 fully saturated rings. The van der Waals surface area contributed by atoms with E-state index in [1.54, 1.807) is 12.1 Å². The number of aliphatic hydroxyl groups is 1. The van der Waals surface area contributed by atoms with E-state index in [-0.39, 0.29) is 0 Å². The molecule has 0 saturated heterocycles. The highest BCUT2D eigenvalue weighted by molar-refractivity contribution is 6.07. The minimum atomic E-state index is -1.51. The molecule has 0 heterocycles. The Bertz CT molecular complexity index is 443. The number of carboxylic acid groups (broad SMARTS) is 1. The molecule has 1 aromatic carbocycles. The number of allylic oxidation sites excluding steroid dienone is 1. The van der Waals surface area contributed by atoms with Crippen LogP contribution in [0.4, 0.5) is 0 Å². The average Bonchev–Trinajstić information content (AvgIpc) is 2.30. The third-order valence-corrected chi connectivity index (χ3v) is 2.26. The quantitative estimate of drug-likeness (QED) is 0.466. The largest absolute Gasteiger partial charge is 0.502 e. The van der Waals surface area contributed by atoms with Gasteiger partial charge in [-0.2, -0.15) is 0 Å². The molecule has 0 aliphatic rings. The van der Waals surface area contributed by atoms with Crippen molar-refractivity contribution in [3.63, 3.8) is 0 Å². The second kappa shape index (κ2) is 5.84. The maximum Gasteiger partial charge on any atom is 0.371 e. The monoisotopic (exact) mass is 234 g/mol. The van der Waals surface area contributed by atoms with Gasteiger partial charge in [0, 0.05) is 11.6 Å². The Morgan fingerprint density at radius 2 is 1.76 bits per heavy atom. The molecule has 17 heavy (non-hydrogen) atoms. The minimum absolute atomic E-state index is 0.359. The first-order valence-electron chi connectivity index (χ1n) is 5.31. The Balaban J connectivity index is 2.83. The highest BCUT2D eigenvalue weighted by Crippen LogP contribution is 2.08. The van der Waals surface area contributed by atoms with Crippen molar-refractivity contribution in [2.45, 2.75) is 19.8 Å². The number of carbonyl (C=O) groups is 2. The van der Waals surface area contributed by atoms with Crippen LogP contribution in [0.2, 0.25) is 0 Å². The first kappa shape index (κ1) is 13.0. The SMILES string of the molecule is CCCc1ccc(C(=O)/C=C(\O)C(=O)O)cc1. The van der Waals surface area contributed by atoms with Crippen LogP contribution in [-0.2, 0) is 11.2 Å². The van der Waals surface area contributed by atoms with Crippen LogP contribution in [0.15, 0.2) is 36.1 Å². The van der Waals surface area contributed by atoms with Crippen LogP contribution >= 0.6 is 0 Å². The molecule has 0 bridgehead atoms. The van der Waals surface area contributed by atoms with Crippen molar-refractivity contribution < 1.29 is 19.8 Å². The van der Waals surface area contributed by atoms with Gasteiger partial charge in [-0.15, -0.1) is 0 Å². The minimum Gasteiger partial charge on any atom is -0.502 e. The van der Waals surface area contributed by atoms with Crippen LogP contribution in [-0.4, -0.2) is 22.0 Å². The van der Waals surface area contributed by atoms with Crippen LogP contribution in [0.1, 0.15) is 29.3 Å². The number of aliphatic hydroxyl groups excluding tert-OH is 1. The second-order valence-electron chi connectivity index (χ2n) is 3.65.